The Morgan fingerprint density at radius 3 is 2.76 bits per heavy atom. The minimum absolute atomic E-state index is 0.352. The molecule has 0 bridgehead atoms. The van der Waals surface area contributed by atoms with E-state index in [1.807, 2.05) is 6.21 Å². The van der Waals surface area contributed by atoms with Crippen molar-refractivity contribution < 1.29 is 9.47 Å². The van der Waals surface area contributed by atoms with Gasteiger partial charge in [0.2, 0.25) is 0 Å². The van der Waals surface area contributed by atoms with Gasteiger partial charge in [-0.25, -0.2) is 0 Å². The van der Waals surface area contributed by atoms with Crippen LogP contribution >= 0.6 is 0 Å². The average Bonchev–Trinajstić information content (AvgIpc) is 3.11. The number of fused-ring (bicyclic) bond motifs is 1. The predicted octanol–water partition coefficient (Wildman–Crippen LogP) is 2.86. The van der Waals surface area contributed by atoms with Crippen molar-refractivity contribution in [2.24, 2.45) is 4.99 Å². The van der Waals surface area contributed by atoms with Crippen molar-refractivity contribution in [1.29, 1.82) is 0 Å². The largest absolute Gasteiger partial charge is 0.490 e. The molecule has 1 saturated carbocycles. The molecule has 5 rings (SSSR count). The van der Waals surface area contributed by atoms with Crippen molar-refractivity contribution in [3.8, 4) is 5.75 Å². The van der Waals surface area contributed by atoms with Crippen LogP contribution in [-0.2, 0) is 23.2 Å². The van der Waals surface area contributed by atoms with Crippen molar-refractivity contribution in [2.45, 2.75) is 55.9 Å². The molecule has 1 unspecified atom stereocenters. The zero-order chi connectivity index (χ0) is 16.6. The zero-order valence-corrected chi connectivity index (χ0v) is 15.6. The first-order chi connectivity index (χ1) is 12.3. The molecular weight excluding hydrogens is 332 g/mol. The number of hydrogen-bond donors (Lipinski definition) is 0. The molecule has 25 heavy (non-hydrogen) atoms. The minimum Gasteiger partial charge on any atom is -0.490 e. The van der Waals surface area contributed by atoms with Crippen LogP contribution in [-0.4, -0.2) is 48.2 Å². The Balaban J connectivity index is 1.28. The van der Waals surface area contributed by atoms with Gasteiger partial charge in [-0.15, -0.1) is 4.31 Å². The van der Waals surface area contributed by atoms with E-state index in [1.54, 1.807) is 11.9 Å². The molecule has 0 radical (unpaired) electrons. The molecule has 4 aliphatic rings. The molecule has 3 aliphatic heterocycles. The molecular formula is C20H27N2O2S+. The van der Waals surface area contributed by atoms with Crippen molar-refractivity contribution in [2.75, 3.05) is 26.3 Å². The second-order valence-corrected chi connectivity index (χ2v) is 9.26. The van der Waals surface area contributed by atoms with E-state index >= 15 is 0 Å². The Hall–Kier alpha value is -1.04. The number of thiol groups is 1. The van der Waals surface area contributed by atoms with E-state index in [-0.39, 0.29) is 0 Å². The van der Waals surface area contributed by atoms with Crippen molar-refractivity contribution >= 4 is 18.2 Å². The van der Waals surface area contributed by atoms with Gasteiger partial charge in [0, 0.05) is 68.6 Å². The van der Waals surface area contributed by atoms with Gasteiger partial charge in [0.15, 0.2) is 0 Å². The number of piperidine rings is 1. The van der Waals surface area contributed by atoms with Crippen LogP contribution in [0.2, 0.25) is 0 Å². The fourth-order valence-corrected chi connectivity index (χ4v) is 5.33. The van der Waals surface area contributed by atoms with Gasteiger partial charge in [0.1, 0.15) is 17.1 Å². The van der Waals surface area contributed by atoms with Crippen molar-refractivity contribution in [3.05, 3.63) is 28.8 Å². The summed E-state index contributed by atoms with van der Waals surface area (Å²) in [5, 5.41) is 0.961. The fraction of sp³-hybridized carbons (Fsp3) is 0.650. The SMILES string of the molecule is C1=NCc2c1cc(C1CCOC1)cc2OC1CCN([SH+]C2CC2)CC1. The number of ether oxygens (including phenoxy) is 2. The lowest BCUT2D eigenvalue weighted by molar-refractivity contribution is 0.137. The summed E-state index contributed by atoms with van der Waals surface area (Å²) in [6.45, 7) is 4.85. The summed E-state index contributed by atoms with van der Waals surface area (Å²) in [5.74, 6) is 1.59. The molecule has 1 aromatic rings. The molecule has 1 aliphatic carbocycles. The highest BCUT2D eigenvalue weighted by Gasteiger charge is 2.36. The van der Waals surface area contributed by atoms with E-state index in [9.17, 15) is 0 Å². The molecule has 5 heteroatoms. The molecule has 0 N–H and O–H groups in total. The van der Waals surface area contributed by atoms with E-state index in [0.717, 1.165) is 50.0 Å². The van der Waals surface area contributed by atoms with Gasteiger partial charge < -0.3 is 9.47 Å². The fourth-order valence-electron chi connectivity index (χ4n) is 4.02. The second kappa shape index (κ2) is 6.93. The average molecular weight is 360 g/mol. The van der Waals surface area contributed by atoms with Crippen LogP contribution in [0.5, 0.6) is 5.75 Å². The van der Waals surface area contributed by atoms with Crippen LogP contribution in [0.1, 0.15) is 54.7 Å². The Bertz CT molecular complexity index is 660. The third-order valence-electron chi connectivity index (χ3n) is 5.73. The van der Waals surface area contributed by atoms with Gasteiger partial charge >= 0.3 is 0 Å². The number of rotatable bonds is 5. The molecule has 0 spiro atoms. The van der Waals surface area contributed by atoms with Crippen LogP contribution in [0.15, 0.2) is 17.1 Å². The lowest BCUT2D eigenvalue weighted by Gasteiger charge is -2.28. The maximum atomic E-state index is 6.52. The predicted molar refractivity (Wildman–Crippen MR) is 103 cm³/mol. The first kappa shape index (κ1) is 16.2. The third-order valence-corrected chi connectivity index (χ3v) is 7.30. The molecule has 2 saturated heterocycles. The van der Waals surface area contributed by atoms with Crippen LogP contribution in [0.3, 0.4) is 0 Å². The molecule has 0 aromatic heterocycles. The molecule has 0 amide bonds. The standard InChI is InChI=1S/C20H26N2O2S/c1-2-18(1)25-22-6-3-17(4-7-22)24-20-10-15(14-5-8-23-13-14)9-16-11-21-12-19(16)20/h9-11,14,17-18H,1-8,12-13H2/p+1. The normalized spacial score (nSPS) is 27.0. The summed E-state index contributed by atoms with van der Waals surface area (Å²) in [4.78, 5) is 4.48. The minimum atomic E-state index is 0.352. The summed E-state index contributed by atoms with van der Waals surface area (Å²) in [7, 11) is 0. The van der Waals surface area contributed by atoms with Crippen LogP contribution in [0.4, 0.5) is 0 Å². The third kappa shape index (κ3) is 3.60. The molecule has 1 atom stereocenters. The lowest BCUT2D eigenvalue weighted by atomic mass is 9.94. The van der Waals surface area contributed by atoms with E-state index in [0.29, 0.717) is 12.0 Å². The molecule has 3 heterocycles. The Kier molecular flexibility index (Phi) is 4.48. The monoisotopic (exact) mass is 359 g/mol. The lowest BCUT2D eigenvalue weighted by Crippen LogP contribution is -2.38. The first-order valence-electron chi connectivity index (χ1n) is 9.72. The highest BCUT2D eigenvalue weighted by molar-refractivity contribution is 7.77. The maximum Gasteiger partial charge on any atom is 0.135 e. The second-order valence-electron chi connectivity index (χ2n) is 7.73. The molecule has 1 aromatic carbocycles. The van der Waals surface area contributed by atoms with E-state index in [2.05, 4.69) is 21.4 Å². The first-order valence-corrected chi connectivity index (χ1v) is 10.6. The van der Waals surface area contributed by atoms with Gasteiger partial charge in [0.25, 0.3) is 0 Å². The van der Waals surface area contributed by atoms with Gasteiger partial charge in [-0.3, -0.25) is 4.99 Å². The summed E-state index contributed by atoms with van der Waals surface area (Å²) < 4.78 is 14.7. The number of nitrogens with zero attached hydrogens (tertiary/aromatic N) is 2. The number of aliphatic imine (C=N–C) groups is 1. The smallest absolute Gasteiger partial charge is 0.135 e. The van der Waals surface area contributed by atoms with Gasteiger partial charge in [-0.05, 0) is 24.1 Å². The highest BCUT2D eigenvalue weighted by atomic mass is 32.2. The Labute approximate surface area is 154 Å². The van der Waals surface area contributed by atoms with E-state index < -0.39 is 0 Å². The Morgan fingerprint density at radius 1 is 1.12 bits per heavy atom. The van der Waals surface area contributed by atoms with Gasteiger partial charge in [-0.2, -0.15) is 0 Å². The summed E-state index contributed by atoms with van der Waals surface area (Å²) in [6, 6.07) is 4.58. The summed E-state index contributed by atoms with van der Waals surface area (Å²) in [5.41, 5.74) is 3.90. The summed E-state index contributed by atoms with van der Waals surface area (Å²) in [6.07, 6.45) is 8.64. The Morgan fingerprint density at radius 2 is 2.00 bits per heavy atom. The zero-order valence-electron chi connectivity index (χ0n) is 14.7. The van der Waals surface area contributed by atoms with Crippen LogP contribution in [0.25, 0.3) is 0 Å². The highest BCUT2D eigenvalue weighted by Crippen LogP contribution is 2.35. The molecule has 3 fully saturated rings. The van der Waals surface area contributed by atoms with Crippen LogP contribution < -0.4 is 4.74 Å². The van der Waals surface area contributed by atoms with E-state index in [4.69, 9.17) is 9.47 Å². The molecule has 4 nitrogen and oxygen atoms in total. The summed E-state index contributed by atoms with van der Waals surface area (Å²) >= 11 is 1.57. The topological polar surface area (TPSA) is 34.1 Å². The van der Waals surface area contributed by atoms with Crippen LogP contribution in [0, 0.1) is 0 Å². The number of benzene rings is 1. The van der Waals surface area contributed by atoms with Gasteiger partial charge in [0.05, 0.1) is 25.1 Å². The van der Waals surface area contributed by atoms with Gasteiger partial charge in [-0.1, -0.05) is 0 Å². The maximum absolute atomic E-state index is 6.52. The quantitative estimate of drug-likeness (QED) is 0.599. The number of hydrogen-bond acceptors (Lipinski definition) is 4. The molecule has 134 valence electrons. The van der Waals surface area contributed by atoms with E-state index in [1.165, 1.54) is 42.6 Å². The van der Waals surface area contributed by atoms with Crippen molar-refractivity contribution in [3.63, 3.8) is 0 Å². The van der Waals surface area contributed by atoms with Crippen molar-refractivity contribution in [1.82, 2.24) is 4.31 Å².